The minimum Gasteiger partial charge on any atom is -0.303 e. The zero-order chi connectivity index (χ0) is 17.5. The van der Waals surface area contributed by atoms with E-state index in [0.717, 1.165) is 19.0 Å². The van der Waals surface area contributed by atoms with Gasteiger partial charge < -0.3 is 4.90 Å². The maximum Gasteiger partial charge on any atom is 0.176 e. The van der Waals surface area contributed by atoms with Gasteiger partial charge in [-0.2, -0.15) is 0 Å². The van der Waals surface area contributed by atoms with Gasteiger partial charge in [0, 0.05) is 5.56 Å². The van der Waals surface area contributed by atoms with E-state index in [0.29, 0.717) is 12.1 Å². The van der Waals surface area contributed by atoms with Crippen LogP contribution < -0.4 is 0 Å². The molecule has 4 heteroatoms. The molecule has 0 bridgehead atoms. The van der Waals surface area contributed by atoms with Crippen molar-refractivity contribution in [1.82, 2.24) is 9.80 Å². The molecule has 0 atom stereocenters. The summed E-state index contributed by atoms with van der Waals surface area (Å²) in [6.07, 6.45) is 9.23. The molecular formula is C21H31FN2O. The fourth-order valence-electron chi connectivity index (χ4n) is 4.09. The van der Waals surface area contributed by atoms with Crippen LogP contribution >= 0.6 is 0 Å². The molecule has 2 aliphatic heterocycles. The van der Waals surface area contributed by atoms with Gasteiger partial charge in [0.15, 0.2) is 5.78 Å². The summed E-state index contributed by atoms with van der Waals surface area (Å²) < 4.78 is 13.0. The molecule has 3 rings (SSSR count). The highest BCUT2D eigenvalue weighted by Crippen LogP contribution is 2.22. The van der Waals surface area contributed by atoms with Crippen molar-refractivity contribution in [1.29, 1.82) is 0 Å². The Morgan fingerprint density at radius 1 is 0.920 bits per heavy atom. The van der Waals surface area contributed by atoms with Gasteiger partial charge in [-0.25, -0.2) is 4.39 Å². The van der Waals surface area contributed by atoms with E-state index in [1.54, 1.807) is 12.1 Å². The Balaban J connectivity index is 1.36. The molecule has 0 spiro atoms. The fraction of sp³-hybridized carbons (Fsp3) is 0.667. The number of hydrogen-bond donors (Lipinski definition) is 0. The Hall–Kier alpha value is -1.26. The van der Waals surface area contributed by atoms with Crippen LogP contribution in [0.2, 0.25) is 0 Å². The third-order valence-corrected chi connectivity index (χ3v) is 5.79. The molecule has 2 heterocycles. The third kappa shape index (κ3) is 5.89. The molecule has 1 aromatic carbocycles. The molecule has 0 aromatic heterocycles. The van der Waals surface area contributed by atoms with Crippen molar-refractivity contribution >= 4 is 5.78 Å². The molecule has 138 valence electrons. The molecule has 0 radical (unpaired) electrons. The van der Waals surface area contributed by atoms with E-state index in [2.05, 4.69) is 9.80 Å². The summed E-state index contributed by atoms with van der Waals surface area (Å²) in [4.78, 5) is 17.2. The second-order valence-corrected chi connectivity index (χ2v) is 7.69. The molecule has 25 heavy (non-hydrogen) atoms. The van der Waals surface area contributed by atoms with E-state index in [9.17, 15) is 9.18 Å². The Bertz CT molecular complexity index is 529. The van der Waals surface area contributed by atoms with Gasteiger partial charge in [-0.1, -0.05) is 12.8 Å². The molecule has 0 amide bonds. The molecule has 0 N–H and O–H groups in total. The lowest BCUT2D eigenvalue weighted by Crippen LogP contribution is -2.38. The Morgan fingerprint density at radius 3 is 2.20 bits per heavy atom. The lowest BCUT2D eigenvalue weighted by Gasteiger charge is -2.32. The molecule has 2 fully saturated rings. The van der Waals surface area contributed by atoms with Gasteiger partial charge in [-0.15, -0.1) is 0 Å². The molecule has 3 nitrogen and oxygen atoms in total. The number of benzene rings is 1. The maximum atomic E-state index is 13.0. The number of nitrogens with zero attached hydrogens (tertiary/aromatic N) is 2. The predicted molar refractivity (Wildman–Crippen MR) is 99.4 cm³/mol. The van der Waals surface area contributed by atoms with Crippen molar-refractivity contribution in [2.24, 2.45) is 5.92 Å². The standard InChI is InChI=1S/C21H31FN2O/c22-20-7-5-19(6-8-20)21(25)17-24-15-10-18(11-16-24)9-14-23-12-3-1-2-4-13-23/h5-8,18H,1-4,9-17H2. The van der Waals surface area contributed by atoms with Crippen molar-refractivity contribution in [2.45, 2.75) is 44.9 Å². The predicted octanol–water partition coefficient (Wildman–Crippen LogP) is 3.99. The highest BCUT2D eigenvalue weighted by molar-refractivity contribution is 5.97. The van der Waals surface area contributed by atoms with Gasteiger partial charge in [-0.3, -0.25) is 9.69 Å². The van der Waals surface area contributed by atoms with E-state index in [-0.39, 0.29) is 11.6 Å². The zero-order valence-corrected chi connectivity index (χ0v) is 15.3. The molecule has 1 aromatic rings. The van der Waals surface area contributed by atoms with Gasteiger partial charge >= 0.3 is 0 Å². The van der Waals surface area contributed by atoms with Crippen LogP contribution in [0, 0.1) is 11.7 Å². The summed E-state index contributed by atoms with van der Waals surface area (Å²) in [7, 11) is 0. The monoisotopic (exact) mass is 346 g/mol. The summed E-state index contributed by atoms with van der Waals surface area (Å²) in [6, 6.07) is 5.90. The second kappa shape index (κ2) is 9.44. The molecule has 0 aliphatic carbocycles. The SMILES string of the molecule is O=C(CN1CCC(CCN2CCCCCC2)CC1)c1ccc(F)cc1. The second-order valence-electron chi connectivity index (χ2n) is 7.69. The Morgan fingerprint density at radius 2 is 1.56 bits per heavy atom. The van der Waals surface area contributed by atoms with Crippen LogP contribution in [0.25, 0.3) is 0 Å². The van der Waals surface area contributed by atoms with Gasteiger partial charge in [0.05, 0.1) is 6.54 Å². The molecule has 0 saturated carbocycles. The lowest BCUT2D eigenvalue weighted by atomic mass is 9.93. The number of hydrogen-bond acceptors (Lipinski definition) is 3. The first-order valence-electron chi connectivity index (χ1n) is 9.94. The van der Waals surface area contributed by atoms with Crippen LogP contribution in [0.1, 0.15) is 55.3 Å². The van der Waals surface area contributed by atoms with E-state index in [4.69, 9.17) is 0 Å². The normalized spacial score (nSPS) is 21.2. The van der Waals surface area contributed by atoms with Crippen molar-refractivity contribution in [3.8, 4) is 0 Å². The average Bonchev–Trinajstić information content (AvgIpc) is 2.90. The maximum absolute atomic E-state index is 13.0. The highest BCUT2D eigenvalue weighted by Gasteiger charge is 2.22. The Labute approximate surface area is 151 Å². The van der Waals surface area contributed by atoms with Crippen LogP contribution in [0.4, 0.5) is 4.39 Å². The van der Waals surface area contributed by atoms with Crippen LogP contribution in [0.3, 0.4) is 0 Å². The number of piperidine rings is 1. The summed E-state index contributed by atoms with van der Waals surface area (Å²) in [5.41, 5.74) is 0.615. The quantitative estimate of drug-likeness (QED) is 0.728. The van der Waals surface area contributed by atoms with Crippen LogP contribution in [0.15, 0.2) is 24.3 Å². The number of carbonyl (C=O) groups is 1. The summed E-state index contributed by atoms with van der Waals surface area (Å²) in [5.74, 6) is 0.616. The van der Waals surface area contributed by atoms with E-state index < -0.39 is 0 Å². The highest BCUT2D eigenvalue weighted by atomic mass is 19.1. The van der Waals surface area contributed by atoms with Gasteiger partial charge in [-0.05, 0) is 95.0 Å². The number of carbonyl (C=O) groups excluding carboxylic acids is 1. The molecule has 2 saturated heterocycles. The number of halogens is 1. The van der Waals surface area contributed by atoms with Gasteiger partial charge in [0.1, 0.15) is 5.82 Å². The minimum atomic E-state index is -0.290. The van der Waals surface area contributed by atoms with Crippen molar-refractivity contribution < 1.29 is 9.18 Å². The average molecular weight is 346 g/mol. The van der Waals surface area contributed by atoms with Crippen molar-refractivity contribution in [2.75, 3.05) is 39.3 Å². The lowest BCUT2D eigenvalue weighted by molar-refractivity contribution is 0.0888. The van der Waals surface area contributed by atoms with Crippen LogP contribution in [0.5, 0.6) is 0 Å². The first kappa shape index (κ1) is 18.5. The molecular weight excluding hydrogens is 315 g/mol. The minimum absolute atomic E-state index is 0.100. The summed E-state index contributed by atoms with van der Waals surface area (Å²) >= 11 is 0. The zero-order valence-electron chi connectivity index (χ0n) is 15.3. The van der Waals surface area contributed by atoms with Gasteiger partial charge in [0.2, 0.25) is 0 Å². The smallest absolute Gasteiger partial charge is 0.176 e. The summed E-state index contributed by atoms with van der Waals surface area (Å²) in [5, 5.41) is 0. The van der Waals surface area contributed by atoms with Crippen molar-refractivity contribution in [3.05, 3.63) is 35.6 Å². The van der Waals surface area contributed by atoms with Crippen LogP contribution in [-0.4, -0.2) is 54.9 Å². The Kier molecular flexibility index (Phi) is 7.00. The number of likely N-dealkylation sites (tertiary alicyclic amines) is 2. The fourth-order valence-corrected chi connectivity index (χ4v) is 4.09. The number of Topliss-reactive ketones (excluding diaryl/α,β-unsaturated/α-hetero) is 1. The first-order valence-corrected chi connectivity index (χ1v) is 9.94. The molecule has 2 aliphatic rings. The van der Waals surface area contributed by atoms with E-state index in [1.165, 1.54) is 76.7 Å². The first-order chi connectivity index (χ1) is 12.2. The van der Waals surface area contributed by atoms with E-state index >= 15 is 0 Å². The van der Waals surface area contributed by atoms with E-state index in [1.807, 2.05) is 0 Å². The van der Waals surface area contributed by atoms with Gasteiger partial charge in [0.25, 0.3) is 0 Å². The third-order valence-electron chi connectivity index (χ3n) is 5.79. The van der Waals surface area contributed by atoms with Crippen LogP contribution in [-0.2, 0) is 0 Å². The largest absolute Gasteiger partial charge is 0.303 e. The van der Waals surface area contributed by atoms with Crippen molar-refractivity contribution in [3.63, 3.8) is 0 Å². The topological polar surface area (TPSA) is 23.6 Å². The molecule has 0 unspecified atom stereocenters. The number of ketones is 1. The number of rotatable bonds is 6. The summed E-state index contributed by atoms with van der Waals surface area (Å²) in [6.45, 7) is 6.30.